The van der Waals surface area contributed by atoms with E-state index in [0.717, 1.165) is 80.8 Å². The zero-order valence-corrected chi connectivity index (χ0v) is 20.1. The highest BCUT2D eigenvalue weighted by atomic mass is 16.5. The first kappa shape index (κ1) is 22.2. The molecule has 3 aliphatic heterocycles. The van der Waals surface area contributed by atoms with Gasteiger partial charge in [-0.25, -0.2) is 10.5 Å². The molecule has 2 aromatic rings. The van der Waals surface area contributed by atoms with Crippen LogP contribution in [-0.2, 0) is 4.74 Å². The van der Waals surface area contributed by atoms with Crippen molar-refractivity contribution in [3.05, 3.63) is 83.3 Å². The number of ether oxygens (including phenoxy) is 1. The molecule has 0 amide bonds. The summed E-state index contributed by atoms with van der Waals surface area (Å²) in [5, 5.41) is 12.0. The van der Waals surface area contributed by atoms with Crippen LogP contribution >= 0.6 is 0 Å². The lowest BCUT2D eigenvalue weighted by molar-refractivity contribution is 0.106. The molecule has 0 bridgehead atoms. The fourth-order valence-electron chi connectivity index (χ4n) is 5.42. The third-order valence-corrected chi connectivity index (χ3v) is 7.35. The van der Waals surface area contributed by atoms with Crippen LogP contribution in [0.5, 0.6) is 0 Å². The highest BCUT2D eigenvalue weighted by Gasteiger charge is 2.47. The zero-order chi connectivity index (χ0) is 23.5. The van der Waals surface area contributed by atoms with Crippen molar-refractivity contribution in [3.8, 4) is 0 Å². The maximum atomic E-state index is 6.32. The second-order valence-electron chi connectivity index (χ2n) is 9.61. The first-order valence-corrected chi connectivity index (χ1v) is 12.7. The number of para-hydroxylation sites is 1. The van der Waals surface area contributed by atoms with Gasteiger partial charge in [-0.2, -0.15) is 5.01 Å². The van der Waals surface area contributed by atoms with Crippen LogP contribution in [0.2, 0.25) is 0 Å². The summed E-state index contributed by atoms with van der Waals surface area (Å²) in [5.74, 6) is 0.964. The molecule has 1 fully saturated rings. The Morgan fingerprint density at radius 1 is 1.09 bits per heavy atom. The van der Waals surface area contributed by atoms with Crippen LogP contribution < -0.4 is 5.53 Å². The molecule has 0 saturated carbocycles. The Hall–Kier alpha value is -3.29. The molecule has 1 unspecified atom stereocenters. The molecule has 7 heteroatoms. The molecular formula is C28H32N6O. The van der Waals surface area contributed by atoms with E-state index in [1.54, 1.807) is 0 Å². The minimum absolute atomic E-state index is 0.452. The Morgan fingerprint density at radius 3 is 2.94 bits per heavy atom. The van der Waals surface area contributed by atoms with Crippen LogP contribution in [-0.4, -0.2) is 53.3 Å². The fraction of sp³-hybridized carbons (Fsp3) is 0.393. The van der Waals surface area contributed by atoms with Gasteiger partial charge < -0.3 is 9.64 Å². The molecule has 1 aliphatic carbocycles. The van der Waals surface area contributed by atoms with E-state index in [-0.39, 0.29) is 0 Å². The number of piperidine rings is 1. The van der Waals surface area contributed by atoms with E-state index in [1.807, 2.05) is 6.07 Å². The Bertz CT molecular complexity index is 1230. The van der Waals surface area contributed by atoms with Crippen molar-refractivity contribution in [2.75, 3.05) is 32.8 Å². The van der Waals surface area contributed by atoms with Gasteiger partial charge in [0.05, 0.1) is 17.8 Å². The number of hydrogen-bond acceptors (Lipinski definition) is 7. The summed E-state index contributed by atoms with van der Waals surface area (Å²) in [5.41, 5.74) is 7.35. The number of likely N-dealkylation sites (tertiary alicyclic amines) is 1. The van der Waals surface area contributed by atoms with Crippen LogP contribution in [0.4, 0.5) is 0 Å². The standard InChI is InChI=1S/C28H32N6O/c1-2-9-26-23(7-1)11-12-24(29-26)21-22-13-18-33(19-14-22)16-6-20-35-27-10-5-17-34-28(30-31-32-34)15-4-3-8-25(27)28/h1-4,7-12,21H,5-6,13-20H2,(H,30,32). The van der Waals surface area contributed by atoms with E-state index in [4.69, 9.17) is 9.72 Å². The third-order valence-electron chi connectivity index (χ3n) is 7.35. The quantitative estimate of drug-likeness (QED) is 0.592. The molecule has 7 nitrogen and oxygen atoms in total. The van der Waals surface area contributed by atoms with Gasteiger partial charge in [-0.05, 0) is 50.0 Å². The summed E-state index contributed by atoms with van der Waals surface area (Å²) >= 11 is 0. The summed E-state index contributed by atoms with van der Waals surface area (Å²) < 4.78 is 6.32. The molecule has 1 N–H and O–H groups in total. The van der Waals surface area contributed by atoms with Gasteiger partial charge in [0.25, 0.3) is 0 Å². The minimum atomic E-state index is -0.452. The first-order valence-electron chi connectivity index (χ1n) is 12.7. The largest absolute Gasteiger partial charge is 0.493 e. The van der Waals surface area contributed by atoms with E-state index in [9.17, 15) is 0 Å². The van der Waals surface area contributed by atoms with Crippen molar-refractivity contribution in [2.45, 2.75) is 37.8 Å². The van der Waals surface area contributed by atoms with Gasteiger partial charge in [0, 0.05) is 43.6 Å². The second-order valence-corrected chi connectivity index (χ2v) is 9.61. The summed E-state index contributed by atoms with van der Waals surface area (Å²) in [4.78, 5) is 7.36. The topological polar surface area (TPSA) is 65.3 Å². The Morgan fingerprint density at radius 2 is 2.00 bits per heavy atom. The second kappa shape index (κ2) is 9.76. The maximum Gasteiger partial charge on any atom is 0.186 e. The fourth-order valence-corrected chi connectivity index (χ4v) is 5.42. The maximum absolute atomic E-state index is 6.32. The van der Waals surface area contributed by atoms with Gasteiger partial charge in [0.15, 0.2) is 5.66 Å². The molecule has 1 atom stereocenters. The molecule has 4 aliphatic rings. The number of benzene rings is 1. The van der Waals surface area contributed by atoms with Gasteiger partial charge in [0.2, 0.25) is 0 Å². The van der Waals surface area contributed by atoms with Gasteiger partial charge in [-0.3, -0.25) is 0 Å². The van der Waals surface area contributed by atoms with Gasteiger partial charge in [-0.15, -0.1) is 5.11 Å². The SMILES string of the molecule is C1=CCC23N=NNN2CCC=C(OCCCN2CCC(=Cc4ccc5ccccc5n4)CC2)C3=C1. The summed E-state index contributed by atoms with van der Waals surface area (Å²) in [6.45, 7) is 4.84. The lowest BCUT2D eigenvalue weighted by Gasteiger charge is -2.35. The number of hydrazine groups is 1. The van der Waals surface area contributed by atoms with Crippen molar-refractivity contribution in [3.63, 3.8) is 0 Å². The lowest BCUT2D eigenvalue weighted by atomic mass is 9.90. The number of rotatable bonds is 6. The minimum Gasteiger partial charge on any atom is -0.493 e. The molecule has 35 heavy (non-hydrogen) atoms. The van der Waals surface area contributed by atoms with Crippen molar-refractivity contribution in [1.29, 1.82) is 0 Å². The van der Waals surface area contributed by atoms with E-state index in [0.29, 0.717) is 6.61 Å². The number of fused-ring (bicyclic) bond motifs is 1. The summed E-state index contributed by atoms with van der Waals surface area (Å²) in [7, 11) is 0. The predicted octanol–water partition coefficient (Wildman–Crippen LogP) is 5.18. The molecule has 4 heterocycles. The average Bonchev–Trinajstić information content (AvgIpc) is 3.22. The number of hydrogen-bond donors (Lipinski definition) is 1. The summed E-state index contributed by atoms with van der Waals surface area (Å²) in [6, 6.07) is 12.6. The highest BCUT2D eigenvalue weighted by Crippen LogP contribution is 2.41. The molecule has 1 saturated heterocycles. The number of nitrogens with zero attached hydrogens (tertiary/aromatic N) is 5. The highest BCUT2D eigenvalue weighted by molar-refractivity contribution is 5.79. The molecular weight excluding hydrogens is 436 g/mol. The number of aromatic nitrogens is 1. The van der Waals surface area contributed by atoms with Crippen molar-refractivity contribution >= 4 is 17.0 Å². The molecule has 1 aromatic carbocycles. The summed E-state index contributed by atoms with van der Waals surface area (Å²) in [6.07, 6.45) is 15.8. The van der Waals surface area contributed by atoms with E-state index in [2.05, 4.69) is 86.5 Å². The number of pyridine rings is 1. The first-order chi connectivity index (χ1) is 17.3. The van der Waals surface area contributed by atoms with Crippen molar-refractivity contribution < 1.29 is 4.74 Å². The van der Waals surface area contributed by atoms with Crippen LogP contribution in [0.25, 0.3) is 17.0 Å². The Labute approximate surface area is 206 Å². The van der Waals surface area contributed by atoms with Crippen molar-refractivity contribution in [2.24, 2.45) is 10.3 Å². The third kappa shape index (κ3) is 4.54. The van der Waals surface area contributed by atoms with E-state index < -0.39 is 5.66 Å². The Kier molecular flexibility index (Phi) is 6.19. The van der Waals surface area contributed by atoms with Crippen molar-refractivity contribution in [1.82, 2.24) is 20.4 Å². The van der Waals surface area contributed by atoms with E-state index >= 15 is 0 Å². The normalized spacial score (nSPS) is 24.3. The van der Waals surface area contributed by atoms with Crippen LogP contribution in [0, 0.1) is 0 Å². The molecule has 1 aromatic heterocycles. The van der Waals surface area contributed by atoms with E-state index in [1.165, 1.54) is 11.0 Å². The van der Waals surface area contributed by atoms with Gasteiger partial charge >= 0.3 is 0 Å². The number of allylic oxidation sites excluding steroid dienone is 2. The van der Waals surface area contributed by atoms with Crippen LogP contribution in [0.15, 0.2) is 87.9 Å². The lowest BCUT2D eigenvalue weighted by Crippen LogP contribution is -2.50. The molecule has 1 spiro atoms. The molecule has 6 rings (SSSR count). The average molecular weight is 469 g/mol. The van der Waals surface area contributed by atoms with Crippen LogP contribution in [0.1, 0.15) is 37.8 Å². The smallest absolute Gasteiger partial charge is 0.186 e. The number of nitrogens with one attached hydrogen (secondary N) is 1. The van der Waals surface area contributed by atoms with Gasteiger partial charge in [0.1, 0.15) is 5.76 Å². The monoisotopic (exact) mass is 468 g/mol. The van der Waals surface area contributed by atoms with Gasteiger partial charge in [-0.1, -0.05) is 53.3 Å². The Balaban J connectivity index is 0.993. The molecule has 0 radical (unpaired) electrons. The zero-order valence-electron chi connectivity index (χ0n) is 20.1. The molecule has 180 valence electrons. The van der Waals surface area contributed by atoms with Crippen LogP contribution in [0.3, 0.4) is 0 Å². The predicted molar refractivity (Wildman–Crippen MR) is 138 cm³/mol.